The molecule has 5 heteroatoms. The molecule has 0 bridgehead atoms. The van der Waals surface area contributed by atoms with Crippen LogP contribution >= 0.6 is 0 Å². The van der Waals surface area contributed by atoms with Crippen LogP contribution in [-0.4, -0.2) is 56.9 Å². The van der Waals surface area contributed by atoms with Gasteiger partial charge in [-0.2, -0.15) is 0 Å². The van der Waals surface area contributed by atoms with Crippen molar-refractivity contribution >= 4 is 5.91 Å². The van der Waals surface area contributed by atoms with Gasteiger partial charge in [0.25, 0.3) is 5.91 Å². The van der Waals surface area contributed by atoms with Crippen LogP contribution in [0.2, 0.25) is 0 Å². The largest absolute Gasteiger partial charge is 0.383 e. The van der Waals surface area contributed by atoms with Gasteiger partial charge in [-0.3, -0.25) is 4.79 Å². The zero-order valence-electron chi connectivity index (χ0n) is 10.1. The van der Waals surface area contributed by atoms with Gasteiger partial charge in [-0.15, -0.1) is 0 Å². The maximum Gasteiger partial charge on any atom is 0.252 e. The topological polar surface area (TPSA) is 64.8 Å². The fourth-order valence-corrected chi connectivity index (χ4v) is 1.88. The van der Waals surface area contributed by atoms with Crippen molar-refractivity contribution in [2.45, 2.75) is 19.4 Å². The van der Waals surface area contributed by atoms with E-state index < -0.39 is 0 Å². The number of amides is 1. The van der Waals surface area contributed by atoms with Gasteiger partial charge < -0.3 is 20.1 Å². The predicted octanol–water partition coefficient (Wildman–Crippen LogP) is -0.155. The zero-order valence-corrected chi connectivity index (χ0v) is 10.1. The Labute approximate surface area is 96.9 Å². The van der Waals surface area contributed by atoms with E-state index in [1.807, 2.05) is 6.92 Å². The van der Waals surface area contributed by atoms with Gasteiger partial charge in [0.1, 0.15) is 6.10 Å². The van der Waals surface area contributed by atoms with Gasteiger partial charge in [0.15, 0.2) is 0 Å². The number of hydrogen-bond donors (Lipinski definition) is 1. The first-order valence-electron chi connectivity index (χ1n) is 5.80. The summed E-state index contributed by atoms with van der Waals surface area (Å²) < 4.78 is 10.4. The van der Waals surface area contributed by atoms with Crippen LogP contribution < -0.4 is 5.73 Å². The quantitative estimate of drug-likeness (QED) is 0.689. The number of ether oxygens (including phenoxy) is 2. The van der Waals surface area contributed by atoms with Crippen LogP contribution in [0.3, 0.4) is 0 Å². The number of carbonyl (C=O) groups excluding carboxylic acids is 1. The van der Waals surface area contributed by atoms with Gasteiger partial charge in [0.2, 0.25) is 0 Å². The fourth-order valence-electron chi connectivity index (χ4n) is 1.88. The Bertz CT molecular complexity index is 223. The number of carbonyl (C=O) groups is 1. The molecule has 2 N–H and O–H groups in total. The minimum absolute atomic E-state index is 0.0486. The zero-order chi connectivity index (χ0) is 12.0. The SMILES string of the molecule is COCCN(CCN)C(=O)C1OCCC1C. The third-order valence-electron chi connectivity index (χ3n) is 2.91. The number of nitrogens with two attached hydrogens (primary N) is 1. The first kappa shape index (κ1) is 13.4. The van der Waals surface area contributed by atoms with Gasteiger partial charge in [0.05, 0.1) is 6.61 Å². The molecule has 1 saturated heterocycles. The summed E-state index contributed by atoms with van der Waals surface area (Å²) >= 11 is 0. The average Bonchev–Trinajstić information content (AvgIpc) is 2.69. The highest BCUT2D eigenvalue weighted by molar-refractivity contribution is 5.81. The van der Waals surface area contributed by atoms with Crippen LogP contribution in [0.5, 0.6) is 0 Å². The fraction of sp³-hybridized carbons (Fsp3) is 0.909. The second-order valence-electron chi connectivity index (χ2n) is 4.16. The monoisotopic (exact) mass is 230 g/mol. The number of hydrogen-bond acceptors (Lipinski definition) is 4. The summed E-state index contributed by atoms with van der Waals surface area (Å²) in [5, 5.41) is 0. The molecule has 0 saturated carbocycles. The molecule has 1 aliphatic rings. The minimum atomic E-state index is -0.289. The third kappa shape index (κ3) is 3.43. The molecule has 5 nitrogen and oxygen atoms in total. The van der Waals surface area contributed by atoms with Crippen molar-refractivity contribution in [2.75, 3.05) is 40.0 Å². The Morgan fingerprint density at radius 1 is 1.56 bits per heavy atom. The van der Waals surface area contributed by atoms with Crippen molar-refractivity contribution in [1.82, 2.24) is 4.90 Å². The lowest BCUT2D eigenvalue weighted by molar-refractivity contribution is -0.143. The normalized spacial score (nSPS) is 24.7. The molecule has 1 rings (SSSR count). The highest BCUT2D eigenvalue weighted by Crippen LogP contribution is 2.21. The van der Waals surface area contributed by atoms with E-state index >= 15 is 0 Å². The molecule has 0 aromatic carbocycles. The molecule has 1 fully saturated rings. The summed E-state index contributed by atoms with van der Waals surface area (Å²) in [5.41, 5.74) is 5.50. The highest BCUT2D eigenvalue weighted by atomic mass is 16.5. The number of methoxy groups -OCH3 is 1. The number of rotatable bonds is 6. The van der Waals surface area contributed by atoms with Gasteiger partial charge in [-0.25, -0.2) is 0 Å². The molecule has 94 valence electrons. The standard InChI is InChI=1S/C11H22N2O3/c1-9-3-7-16-10(9)11(14)13(5-4-12)6-8-15-2/h9-10H,3-8,12H2,1-2H3. The molecule has 0 aliphatic carbocycles. The Morgan fingerprint density at radius 3 is 2.81 bits per heavy atom. The summed E-state index contributed by atoms with van der Waals surface area (Å²) in [6.07, 6.45) is 0.667. The Morgan fingerprint density at radius 2 is 2.31 bits per heavy atom. The van der Waals surface area contributed by atoms with Gasteiger partial charge in [-0.1, -0.05) is 6.92 Å². The summed E-state index contributed by atoms with van der Waals surface area (Å²) in [5.74, 6) is 0.350. The van der Waals surface area contributed by atoms with E-state index in [9.17, 15) is 4.79 Å². The van der Waals surface area contributed by atoms with Gasteiger partial charge >= 0.3 is 0 Å². The molecule has 0 aromatic heterocycles. The molecule has 1 heterocycles. The summed E-state index contributed by atoms with van der Waals surface area (Å²) in [4.78, 5) is 13.9. The Kier molecular flexibility index (Phi) is 5.73. The lowest BCUT2D eigenvalue weighted by Crippen LogP contribution is -2.44. The lowest BCUT2D eigenvalue weighted by Gasteiger charge is -2.26. The molecular weight excluding hydrogens is 208 g/mol. The first-order valence-corrected chi connectivity index (χ1v) is 5.80. The van der Waals surface area contributed by atoms with Crippen molar-refractivity contribution in [2.24, 2.45) is 11.7 Å². The molecule has 1 aliphatic heterocycles. The van der Waals surface area contributed by atoms with E-state index in [-0.39, 0.29) is 12.0 Å². The summed E-state index contributed by atoms with van der Waals surface area (Å²) in [6.45, 7) is 4.88. The predicted molar refractivity (Wildman–Crippen MR) is 61.0 cm³/mol. The molecule has 0 aromatic rings. The molecule has 2 atom stereocenters. The molecule has 0 radical (unpaired) electrons. The van der Waals surface area contributed by atoms with E-state index in [4.69, 9.17) is 15.2 Å². The van der Waals surface area contributed by atoms with Crippen LogP contribution in [0.15, 0.2) is 0 Å². The first-order chi connectivity index (χ1) is 7.70. The van der Waals surface area contributed by atoms with E-state index in [1.54, 1.807) is 12.0 Å². The Balaban J connectivity index is 2.51. The molecule has 2 unspecified atom stereocenters. The molecule has 1 amide bonds. The average molecular weight is 230 g/mol. The van der Waals surface area contributed by atoms with Crippen LogP contribution in [0.25, 0.3) is 0 Å². The van der Waals surface area contributed by atoms with E-state index in [2.05, 4.69) is 0 Å². The van der Waals surface area contributed by atoms with Gasteiger partial charge in [0, 0.05) is 33.4 Å². The van der Waals surface area contributed by atoms with Crippen LogP contribution in [0.1, 0.15) is 13.3 Å². The van der Waals surface area contributed by atoms with Crippen molar-refractivity contribution < 1.29 is 14.3 Å². The minimum Gasteiger partial charge on any atom is -0.383 e. The third-order valence-corrected chi connectivity index (χ3v) is 2.91. The van der Waals surface area contributed by atoms with Crippen molar-refractivity contribution in [3.8, 4) is 0 Å². The molecule has 0 spiro atoms. The van der Waals surface area contributed by atoms with Crippen LogP contribution in [-0.2, 0) is 14.3 Å². The number of nitrogens with zero attached hydrogens (tertiary/aromatic N) is 1. The van der Waals surface area contributed by atoms with E-state index in [0.717, 1.165) is 6.42 Å². The molecular formula is C11H22N2O3. The maximum absolute atomic E-state index is 12.1. The van der Waals surface area contributed by atoms with Crippen LogP contribution in [0, 0.1) is 5.92 Å². The second-order valence-corrected chi connectivity index (χ2v) is 4.16. The summed E-state index contributed by atoms with van der Waals surface area (Å²) in [6, 6.07) is 0. The van der Waals surface area contributed by atoms with Crippen LogP contribution in [0.4, 0.5) is 0 Å². The van der Waals surface area contributed by atoms with Crippen molar-refractivity contribution in [3.05, 3.63) is 0 Å². The smallest absolute Gasteiger partial charge is 0.252 e. The van der Waals surface area contributed by atoms with Crippen molar-refractivity contribution in [1.29, 1.82) is 0 Å². The van der Waals surface area contributed by atoms with Gasteiger partial charge in [-0.05, 0) is 12.3 Å². The lowest BCUT2D eigenvalue weighted by atomic mass is 10.0. The molecule has 16 heavy (non-hydrogen) atoms. The second kappa shape index (κ2) is 6.83. The highest BCUT2D eigenvalue weighted by Gasteiger charge is 2.33. The van der Waals surface area contributed by atoms with E-state index in [0.29, 0.717) is 38.8 Å². The Hall–Kier alpha value is -0.650. The summed E-state index contributed by atoms with van der Waals surface area (Å²) in [7, 11) is 1.62. The van der Waals surface area contributed by atoms with Crippen molar-refractivity contribution in [3.63, 3.8) is 0 Å². The van der Waals surface area contributed by atoms with E-state index in [1.165, 1.54) is 0 Å². The maximum atomic E-state index is 12.1.